The number of carboxylic acid groups (broad SMARTS) is 1. The Balaban J connectivity index is 2.60. The third-order valence-electron chi connectivity index (χ3n) is 1.91. The normalized spacial score (nSPS) is 12.7. The number of ether oxygens (including phenoxy) is 1. The van der Waals surface area contributed by atoms with Crippen LogP contribution in [0, 0.1) is 5.92 Å². The van der Waals surface area contributed by atoms with E-state index in [2.05, 4.69) is 15.5 Å². The van der Waals surface area contributed by atoms with Crippen LogP contribution >= 0.6 is 0 Å². The van der Waals surface area contributed by atoms with Gasteiger partial charge < -0.3 is 9.84 Å². The van der Waals surface area contributed by atoms with Gasteiger partial charge in [0.25, 0.3) is 0 Å². The molecule has 0 aliphatic rings. The van der Waals surface area contributed by atoms with E-state index < -0.39 is 11.9 Å². The first-order chi connectivity index (χ1) is 7.15. The predicted molar refractivity (Wildman–Crippen MR) is 49.9 cm³/mol. The number of hydrogen-bond acceptors (Lipinski definition) is 5. The second kappa shape index (κ2) is 5.40. The zero-order valence-electron chi connectivity index (χ0n) is 8.75. The van der Waals surface area contributed by atoms with E-state index in [0.717, 1.165) is 0 Å². The standard InChI is InChI=1S/C8H14N4O3/c1-3-15-5-7-9-10-11-12(7)4-6(2)8(13)14/h6H,3-5H2,1-2H3,(H,13,14). The van der Waals surface area contributed by atoms with Crippen LogP contribution in [-0.2, 0) is 22.7 Å². The minimum Gasteiger partial charge on any atom is -0.481 e. The van der Waals surface area contributed by atoms with Crippen LogP contribution in [0.15, 0.2) is 0 Å². The van der Waals surface area contributed by atoms with E-state index in [4.69, 9.17) is 9.84 Å². The summed E-state index contributed by atoms with van der Waals surface area (Å²) in [4.78, 5) is 10.6. The summed E-state index contributed by atoms with van der Waals surface area (Å²) in [6, 6.07) is 0. The van der Waals surface area contributed by atoms with Crippen LogP contribution in [0.3, 0.4) is 0 Å². The van der Waals surface area contributed by atoms with E-state index in [0.29, 0.717) is 19.0 Å². The molecule has 1 unspecified atom stereocenters. The van der Waals surface area contributed by atoms with Crippen LogP contribution in [0.5, 0.6) is 0 Å². The lowest BCUT2D eigenvalue weighted by Gasteiger charge is -2.07. The largest absolute Gasteiger partial charge is 0.481 e. The highest BCUT2D eigenvalue weighted by Gasteiger charge is 2.15. The minimum absolute atomic E-state index is 0.255. The molecule has 0 saturated heterocycles. The molecule has 1 atom stereocenters. The van der Waals surface area contributed by atoms with Gasteiger partial charge in [-0.05, 0) is 17.4 Å². The summed E-state index contributed by atoms with van der Waals surface area (Å²) in [7, 11) is 0. The molecular weight excluding hydrogens is 200 g/mol. The number of hydrogen-bond donors (Lipinski definition) is 1. The first-order valence-electron chi connectivity index (χ1n) is 4.70. The van der Waals surface area contributed by atoms with Gasteiger partial charge in [-0.3, -0.25) is 4.79 Å². The fraction of sp³-hybridized carbons (Fsp3) is 0.750. The smallest absolute Gasteiger partial charge is 0.308 e. The zero-order chi connectivity index (χ0) is 11.3. The number of rotatable bonds is 6. The first kappa shape index (κ1) is 11.6. The summed E-state index contributed by atoms with van der Waals surface area (Å²) < 4.78 is 6.60. The second-order valence-corrected chi connectivity index (χ2v) is 3.15. The molecule has 0 saturated carbocycles. The van der Waals surface area contributed by atoms with Gasteiger partial charge in [-0.25, -0.2) is 4.68 Å². The Labute approximate surface area is 87.0 Å². The SMILES string of the molecule is CCOCc1nnnn1CC(C)C(=O)O. The van der Waals surface area contributed by atoms with E-state index in [-0.39, 0.29) is 6.54 Å². The molecule has 7 nitrogen and oxygen atoms in total. The summed E-state index contributed by atoms with van der Waals surface area (Å²) in [6.45, 7) is 4.60. The maximum atomic E-state index is 10.6. The van der Waals surface area contributed by atoms with Gasteiger partial charge in [-0.15, -0.1) is 5.10 Å². The molecule has 1 aromatic heterocycles. The molecule has 0 radical (unpaired) electrons. The van der Waals surface area contributed by atoms with Gasteiger partial charge in [-0.2, -0.15) is 0 Å². The molecule has 0 aliphatic carbocycles. The van der Waals surface area contributed by atoms with E-state index >= 15 is 0 Å². The zero-order valence-corrected chi connectivity index (χ0v) is 8.75. The molecule has 84 valence electrons. The van der Waals surface area contributed by atoms with Gasteiger partial charge in [-0.1, -0.05) is 6.92 Å². The van der Waals surface area contributed by atoms with E-state index in [1.807, 2.05) is 6.92 Å². The van der Waals surface area contributed by atoms with Crippen LogP contribution in [0.4, 0.5) is 0 Å². The van der Waals surface area contributed by atoms with Gasteiger partial charge in [0, 0.05) is 6.61 Å². The van der Waals surface area contributed by atoms with Crippen LogP contribution in [0.25, 0.3) is 0 Å². The highest BCUT2D eigenvalue weighted by Crippen LogP contribution is 2.02. The summed E-state index contributed by atoms with van der Waals surface area (Å²) in [5, 5.41) is 19.7. The number of carboxylic acids is 1. The van der Waals surface area contributed by atoms with Crippen molar-refractivity contribution in [2.24, 2.45) is 5.92 Å². The van der Waals surface area contributed by atoms with Crippen molar-refractivity contribution in [2.75, 3.05) is 6.61 Å². The summed E-state index contributed by atoms with van der Waals surface area (Å²) in [5.41, 5.74) is 0. The van der Waals surface area contributed by atoms with E-state index in [1.165, 1.54) is 4.68 Å². The van der Waals surface area contributed by atoms with Crippen molar-refractivity contribution >= 4 is 5.97 Å². The van der Waals surface area contributed by atoms with Gasteiger partial charge in [0.1, 0.15) is 6.61 Å². The lowest BCUT2D eigenvalue weighted by atomic mass is 10.2. The van der Waals surface area contributed by atoms with Crippen LogP contribution in [-0.4, -0.2) is 37.9 Å². The average molecular weight is 214 g/mol. The van der Waals surface area contributed by atoms with Crippen molar-refractivity contribution in [2.45, 2.75) is 27.0 Å². The molecule has 1 rings (SSSR count). The molecule has 1 heterocycles. The predicted octanol–water partition coefficient (Wildman–Crippen LogP) is -0.0697. The van der Waals surface area contributed by atoms with Crippen LogP contribution < -0.4 is 0 Å². The number of nitrogens with zero attached hydrogens (tertiary/aromatic N) is 4. The topological polar surface area (TPSA) is 90.1 Å². The van der Waals surface area contributed by atoms with Gasteiger partial charge >= 0.3 is 5.97 Å². The quantitative estimate of drug-likeness (QED) is 0.712. The fourth-order valence-electron chi connectivity index (χ4n) is 0.999. The maximum absolute atomic E-state index is 10.6. The van der Waals surface area contributed by atoms with Gasteiger partial charge in [0.05, 0.1) is 12.5 Å². The highest BCUT2D eigenvalue weighted by atomic mass is 16.5. The monoisotopic (exact) mass is 214 g/mol. The second-order valence-electron chi connectivity index (χ2n) is 3.15. The molecule has 0 fully saturated rings. The summed E-state index contributed by atoms with van der Waals surface area (Å²) >= 11 is 0. The lowest BCUT2D eigenvalue weighted by molar-refractivity contribution is -0.141. The molecule has 0 spiro atoms. The maximum Gasteiger partial charge on any atom is 0.308 e. The summed E-state index contributed by atoms with van der Waals surface area (Å²) in [5.74, 6) is -0.841. The number of carbonyl (C=O) groups is 1. The Bertz CT molecular complexity index is 325. The van der Waals surface area contributed by atoms with Crippen molar-refractivity contribution in [1.29, 1.82) is 0 Å². The Morgan fingerprint density at radius 2 is 2.40 bits per heavy atom. The molecular formula is C8H14N4O3. The molecule has 15 heavy (non-hydrogen) atoms. The number of aromatic nitrogens is 4. The molecule has 0 aliphatic heterocycles. The van der Waals surface area contributed by atoms with Crippen molar-refractivity contribution in [3.8, 4) is 0 Å². The van der Waals surface area contributed by atoms with E-state index in [9.17, 15) is 4.79 Å². The molecule has 0 amide bonds. The van der Waals surface area contributed by atoms with Gasteiger partial charge in [0.2, 0.25) is 0 Å². The Morgan fingerprint density at radius 1 is 1.67 bits per heavy atom. The third kappa shape index (κ3) is 3.28. The van der Waals surface area contributed by atoms with Crippen molar-refractivity contribution in [3.05, 3.63) is 5.82 Å². The molecule has 7 heteroatoms. The first-order valence-corrected chi connectivity index (χ1v) is 4.70. The van der Waals surface area contributed by atoms with Crippen molar-refractivity contribution in [3.63, 3.8) is 0 Å². The fourth-order valence-corrected chi connectivity index (χ4v) is 0.999. The Hall–Kier alpha value is -1.50. The molecule has 0 bridgehead atoms. The Morgan fingerprint density at radius 3 is 3.00 bits per heavy atom. The minimum atomic E-state index is -0.868. The Kier molecular flexibility index (Phi) is 4.17. The number of tetrazole rings is 1. The molecule has 0 aromatic carbocycles. The van der Waals surface area contributed by atoms with Gasteiger partial charge in [0.15, 0.2) is 5.82 Å². The van der Waals surface area contributed by atoms with Crippen molar-refractivity contribution < 1.29 is 14.6 Å². The van der Waals surface area contributed by atoms with Crippen LogP contribution in [0.1, 0.15) is 19.7 Å². The van der Waals surface area contributed by atoms with Crippen LogP contribution in [0.2, 0.25) is 0 Å². The van der Waals surface area contributed by atoms with E-state index in [1.54, 1.807) is 6.92 Å². The lowest BCUT2D eigenvalue weighted by Crippen LogP contribution is -2.19. The van der Waals surface area contributed by atoms with Crippen molar-refractivity contribution in [1.82, 2.24) is 20.2 Å². The number of aliphatic carboxylic acids is 1. The summed E-state index contributed by atoms with van der Waals surface area (Å²) in [6.07, 6.45) is 0. The third-order valence-corrected chi connectivity index (χ3v) is 1.91. The molecule has 1 N–H and O–H groups in total. The average Bonchev–Trinajstić information content (AvgIpc) is 2.62. The molecule has 1 aromatic rings. The highest BCUT2D eigenvalue weighted by molar-refractivity contribution is 5.69.